The van der Waals surface area contributed by atoms with Crippen molar-refractivity contribution in [2.75, 3.05) is 0 Å². The lowest BCUT2D eigenvalue weighted by molar-refractivity contribution is 0.880. The average molecular weight is 286 g/mol. The molecule has 0 saturated heterocycles. The van der Waals surface area contributed by atoms with Gasteiger partial charge >= 0.3 is 0 Å². The summed E-state index contributed by atoms with van der Waals surface area (Å²) in [4.78, 5) is 9.10. The summed E-state index contributed by atoms with van der Waals surface area (Å²) in [5.41, 5.74) is 5.85. The van der Waals surface area contributed by atoms with Crippen LogP contribution in [0.15, 0.2) is 67.1 Å². The summed E-state index contributed by atoms with van der Waals surface area (Å²) in [6.07, 6.45) is 5.58. The molecule has 22 heavy (non-hydrogen) atoms. The predicted molar refractivity (Wildman–Crippen MR) is 86.8 cm³/mol. The predicted octanol–water partition coefficient (Wildman–Crippen LogP) is 3.79. The first kappa shape index (κ1) is 12.7. The van der Waals surface area contributed by atoms with Gasteiger partial charge in [0.15, 0.2) is 0 Å². The molecule has 0 N–H and O–H groups in total. The Morgan fingerprint density at radius 3 is 2.45 bits per heavy atom. The molecule has 0 fully saturated rings. The molecule has 0 unspecified atom stereocenters. The molecule has 0 saturated carbocycles. The van der Waals surface area contributed by atoms with Crippen molar-refractivity contribution in [1.29, 1.82) is 0 Å². The summed E-state index contributed by atoms with van der Waals surface area (Å²) in [5.74, 6) is 0. The number of aromatic nitrogens is 4. The van der Waals surface area contributed by atoms with Crippen molar-refractivity contribution in [3.05, 3.63) is 72.7 Å². The van der Waals surface area contributed by atoms with Crippen LogP contribution < -0.4 is 0 Å². The van der Waals surface area contributed by atoms with Crippen LogP contribution in [0.4, 0.5) is 0 Å². The first-order valence-electron chi connectivity index (χ1n) is 7.13. The molecule has 4 aromatic rings. The lowest BCUT2D eigenvalue weighted by Gasteiger charge is -2.01. The molecule has 0 aliphatic rings. The van der Waals surface area contributed by atoms with Crippen LogP contribution in [-0.4, -0.2) is 19.7 Å². The van der Waals surface area contributed by atoms with Gasteiger partial charge in [0.2, 0.25) is 0 Å². The quantitative estimate of drug-likeness (QED) is 0.563. The van der Waals surface area contributed by atoms with Gasteiger partial charge in [-0.25, -0.2) is 9.67 Å². The third-order valence-electron chi connectivity index (χ3n) is 3.63. The van der Waals surface area contributed by atoms with Gasteiger partial charge in [0.25, 0.3) is 0 Å². The van der Waals surface area contributed by atoms with Gasteiger partial charge in [0, 0.05) is 11.8 Å². The molecule has 4 nitrogen and oxygen atoms in total. The van der Waals surface area contributed by atoms with Crippen LogP contribution in [0.5, 0.6) is 0 Å². The summed E-state index contributed by atoms with van der Waals surface area (Å²) in [7, 11) is 0. The van der Waals surface area contributed by atoms with E-state index in [1.165, 1.54) is 5.56 Å². The molecule has 0 spiro atoms. The average Bonchev–Trinajstić information content (AvgIpc) is 3.05. The minimum atomic E-state index is 0.831. The van der Waals surface area contributed by atoms with Gasteiger partial charge < -0.3 is 0 Å². The lowest BCUT2D eigenvalue weighted by Crippen LogP contribution is -1.93. The summed E-state index contributed by atoms with van der Waals surface area (Å²) < 4.78 is 1.85. The van der Waals surface area contributed by atoms with E-state index in [0.717, 1.165) is 28.0 Å². The van der Waals surface area contributed by atoms with Gasteiger partial charge in [-0.3, -0.25) is 4.98 Å². The minimum Gasteiger partial charge on any atom is -0.252 e. The maximum absolute atomic E-state index is 4.65. The third-order valence-corrected chi connectivity index (χ3v) is 3.63. The largest absolute Gasteiger partial charge is 0.252 e. The summed E-state index contributed by atoms with van der Waals surface area (Å²) in [6, 6.07) is 16.1. The SMILES string of the molecule is Cc1ccc(-n2cc(-c3cnc4ccccc4n3)cn2)cc1. The topological polar surface area (TPSA) is 43.6 Å². The molecule has 106 valence electrons. The molecular weight excluding hydrogens is 272 g/mol. The Balaban J connectivity index is 1.74. The molecule has 0 radical (unpaired) electrons. The Kier molecular flexibility index (Phi) is 2.93. The molecule has 0 amide bonds. The van der Waals surface area contributed by atoms with E-state index in [0.29, 0.717) is 0 Å². The van der Waals surface area contributed by atoms with Crippen molar-refractivity contribution in [3.63, 3.8) is 0 Å². The van der Waals surface area contributed by atoms with Crippen molar-refractivity contribution < 1.29 is 0 Å². The highest BCUT2D eigenvalue weighted by Crippen LogP contribution is 2.20. The monoisotopic (exact) mass is 286 g/mol. The normalized spacial score (nSPS) is 11.0. The van der Waals surface area contributed by atoms with Gasteiger partial charge in [0.05, 0.1) is 34.8 Å². The number of aryl methyl sites for hydroxylation is 1. The number of rotatable bonds is 2. The molecule has 4 heteroatoms. The van der Waals surface area contributed by atoms with Gasteiger partial charge in [-0.05, 0) is 31.2 Å². The van der Waals surface area contributed by atoms with E-state index in [2.05, 4.69) is 46.3 Å². The molecule has 0 atom stereocenters. The smallest absolute Gasteiger partial charge is 0.0924 e. The molecule has 0 bridgehead atoms. The molecule has 0 aliphatic heterocycles. The van der Waals surface area contributed by atoms with Crippen molar-refractivity contribution in [2.45, 2.75) is 6.92 Å². The maximum atomic E-state index is 4.65. The van der Waals surface area contributed by atoms with Crippen molar-refractivity contribution in [2.24, 2.45) is 0 Å². The zero-order valence-electron chi connectivity index (χ0n) is 12.1. The van der Waals surface area contributed by atoms with Crippen molar-refractivity contribution >= 4 is 11.0 Å². The van der Waals surface area contributed by atoms with E-state index in [-0.39, 0.29) is 0 Å². The second-order valence-electron chi connectivity index (χ2n) is 5.25. The Bertz CT molecular complexity index is 939. The van der Waals surface area contributed by atoms with E-state index in [1.807, 2.05) is 41.3 Å². The van der Waals surface area contributed by atoms with Crippen LogP contribution in [0.25, 0.3) is 28.0 Å². The van der Waals surface area contributed by atoms with Crippen molar-refractivity contribution in [3.8, 4) is 16.9 Å². The van der Waals surface area contributed by atoms with Crippen LogP contribution in [-0.2, 0) is 0 Å². The first-order chi connectivity index (χ1) is 10.8. The molecule has 2 aromatic carbocycles. The zero-order valence-corrected chi connectivity index (χ0v) is 12.1. The van der Waals surface area contributed by atoms with Gasteiger partial charge in [0.1, 0.15) is 0 Å². The Labute approximate surface area is 128 Å². The molecule has 0 aliphatic carbocycles. The van der Waals surface area contributed by atoms with Crippen LogP contribution >= 0.6 is 0 Å². The highest BCUT2D eigenvalue weighted by atomic mass is 15.3. The zero-order chi connectivity index (χ0) is 14.9. The van der Waals surface area contributed by atoms with Crippen LogP contribution in [0.1, 0.15) is 5.56 Å². The summed E-state index contributed by atoms with van der Waals surface area (Å²) >= 11 is 0. The molecule has 4 rings (SSSR count). The van der Waals surface area contributed by atoms with Gasteiger partial charge in [-0.15, -0.1) is 0 Å². The third kappa shape index (κ3) is 2.24. The van der Waals surface area contributed by atoms with Crippen LogP contribution in [0.3, 0.4) is 0 Å². The van der Waals surface area contributed by atoms with Crippen LogP contribution in [0.2, 0.25) is 0 Å². The van der Waals surface area contributed by atoms with Crippen molar-refractivity contribution in [1.82, 2.24) is 19.7 Å². The fourth-order valence-corrected chi connectivity index (χ4v) is 2.39. The Morgan fingerprint density at radius 2 is 1.64 bits per heavy atom. The van der Waals surface area contributed by atoms with E-state index in [4.69, 9.17) is 0 Å². The number of hydrogen-bond donors (Lipinski definition) is 0. The maximum Gasteiger partial charge on any atom is 0.0924 e. The highest BCUT2D eigenvalue weighted by molar-refractivity contribution is 5.76. The van der Waals surface area contributed by atoms with E-state index in [1.54, 1.807) is 6.20 Å². The second-order valence-corrected chi connectivity index (χ2v) is 5.25. The second kappa shape index (κ2) is 5.07. The van der Waals surface area contributed by atoms with Gasteiger partial charge in [-0.2, -0.15) is 5.10 Å². The number of para-hydroxylation sites is 2. The number of benzene rings is 2. The lowest BCUT2D eigenvalue weighted by atomic mass is 10.2. The van der Waals surface area contributed by atoms with E-state index in [9.17, 15) is 0 Å². The summed E-state index contributed by atoms with van der Waals surface area (Å²) in [5, 5.41) is 4.42. The molecule has 2 heterocycles. The Morgan fingerprint density at radius 1 is 0.864 bits per heavy atom. The highest BCUT2D eigenvalue weighted by Gasteiger charge is 2.06. The number of fused-ring (bicyclic) bond motifs is 1. The number of nitrogens with zero attached hydrogens (tertiary/aromatic N) is 4. The first-order valence-corrected chi connectivity index (χ1v) is 7.13. The molecule has 2 aromatic heterocycles. The van der Waals surface area contributed by atoms with E-state index >= 15 is 0 Å². The molecular formula is C18H14N4. The minimum absolute atomic E-state index is 0.831. The number of hydrogen-bond acceptors (Lipinski definition) is 3. The van der Waals surface area contributed by atoms with Gasteiger partial charge in [-0.1, -0.05) is 29.8 Å². The standard InChI is InChI=1S/C18H14N4/c1-13-6-8-15(9-7-13)22-12-14(10-20-22)18-11-19-16-4-2-3-5-17(16)21-18/h2-12H,1H3. The Hall–Kier alpha value is -3.01. The fourth-order valence-electron chi connectivity index (χ4n) is 2.39. The van der Waals surface area contributed by atoms with E-state index < -0.39 is 0 Å². The van der Waals surface area contributed by atoms with Crippen LogP contribution in [0, 0.1) is 6.92 Å². The fraction of sp³-hybridized carbons (Fsp3) is 0.0556. The summed E-state index contributed by atoms with van der Waals surface area (Å²) in [6.45, 7) is 2.07.